The Labute approximate surface area is 137 Å². The maximum absolute atomic E-state index is 12.4. The molecule has 1 heterocycles. The molecule has 23 heavy (non-hydrogen) atoms. The summed E-state index contributed by atoms with van der Waals surface area (Å²) >= 11 is 0. The topological polar surface area (TPSA) is 58.6 Å². The first-order chi connectivity index (χ1) is 11.1. The van der Waals surface area contributed by atoms with Gasteiger partial charge in [-0.25, -0.2) is 0 Å². The van der Waals surface area contributed by atoms with Gasteiger partial charge in [-0.1, -0.05) is 6.07 Å². The average molecular weight is 316 g/mol. The summed E-state index contributed by atoms with van der Waals surface area (Å²) in [5.74, 6) is 0.803. The lowest BCUT2D eigenvalue weighted by Crippen LogP contribution is -2.48. The van der Waals surface area contributed by atoms with Crippen molar-refractivity contribution in [3.63, 3.8) is 0 Å². The van der Waals surface area contributed by atoms with Gasteiger partial charge in [0.25, 0.3) is 5.91 Å². The summed E-state index contributed by atoms with van der Waals surface area (Å²) < 4.78 is 5.95. The second-order valence-electron chi connectivity index (χ2n) is 6.54. The number of carbonyl (C=O) groups is 2. The first kappa shape index (κ1) is 15.8. The first-order valence-electron chi connectivity index (χ1n) is 8.43. The lowest BCUT2D eigenvalue weighted by molar-refractivity contribution is -0.132. The highest BCUT2D eigenvalue weighted by molar-refractivity contribution is 5.95. The second-order valence-corrected chi connectivity index (χ2v) is 6.54. The van der Waals surface area contributed by atoms with E-state index in [1.54, 1.807) is 18.0 Å². The number of nitrogens with zero attached hydrogens (tertiary/aromatic N) is 1. The Morgan fingerprint density at radius 1 is 1.26 bits per heavy atom. The van der Waals surface area contributed by atoms with Crippen molar-refractivity contribution in [1.82, 2.24) is 10.2 Å². The quantitative estimate of drug-likeness (QED) is 0.927. The molecule has 0 unspecified atom stereocenters. The van der Waals surface area contributed by atoms with E-state index in [1.165, 1.54) is 12.8 Å². The first-order valence-corrected chi connectivity index (χ1v) is 8.43. The molecule has 1 aliphatic carbocycles. The molecule has 0 radical (unpaired) electrons. The standard InChI is InChI=1S/C18H24N2O3/c1-20-12-14(9-10-17(20)21)19-18(22)13-5-4-8-16(11-13)23-15-6-2-3-7-15/h4-5,8,11,14-15H,2-3,6-7,9-10,12H2,1H3,(H,19,22)/t14-/m0/s1. The molecular formula is C18H24N2O3. The normalized spacial score (nSPS) is 22.2. The van der Waals surface area contributed by atoms with Crippen molar-refractivity contribution in [2.24, 2.45) is 0 Å². The van der Waals surface area contributed by atoms with Gasteiger partial charge in [0.05, 0.1) is 6.10 Å². The Balaban J connectivity index is 1.59. The van der Waals surface area contributed by atoms with Gasteiger partial charge in [0, 0.05) is 31.6 Å². The number of hydrogen-bond acceptors (Lipinski definition) is 3. The minimum absolute atomic E-state index is 0.0182. The Kier molecular flexibility index (Phi) is 4.84. The van der Waals surface area contributed by atoms with Crippen LogP contribution in [0.25, 0.3) is 0 Å². The molecule has 2 fully saturated rings. The van der Waals surface area contributed by atoms with E-state index in [0.29, 0.717) is 24.9 Å². The molecule has 5 nitrogen and oxygen atoms in total. The van der Waals surface area contributed by atoms with Gasteiger partial charge in [0.2, 0.25) is 5.91 Å². The van der Waals surface area contributed by atoms with Gasteiger partial charge in [0.15, 0.2) is 0 Å². The summed E-state index contributed by atoms with van der Waals surface area (Å²) in [5, 5.41) is 3.02. The summed E-state index contributed by atoms with van der Waals surface area (Å²) in [4.78, 5) is 25.6. The van der Waals surface area contributed by atoms with Crippen LogP contribution in [0.5, 0.6) is 5.75 Å². The van der Waals surface area contributed by atoms with Crippen molar-refractivity contribution in [2.45, 2.75) is 50.7 Å². The SMILES string of the molecule is CN1C[C@@H](NC(=O)c2cccc(OC3CCCC3)c2)CCC1=O. The van der Waals surface area contributed by atoms with Gasteiger partial charge in [-0.15, -0.1) is 0 Å². The van der Waals surface area contributed by atoms with Crippen molar-refractivity contribution < 1.29 is 14.3 Å². The number of rotatable bonds is 4. The zero-order chi connectivity index (χ0) is 16.2. The van der Waals surface area contributed by atoms with Crippen LogP contribution >= 0.6 is 0 Å². The van der Waals surface area contributed by atoms with Crippen molar-refractivity contribution in [3.8, 4) is 5.75 Å². The zero-order valence-corrected chi connectivity index (χ0v) is 13.6. The molecule has 1 aromatic rings. The molecule has 3 rings (SSSR count). The second kappa shape index (κ2) is 7.02. The predicted molar refractivity (Wildman–Crippen MR) is 87.5 cm³/mol. The Morgan fingerprint density at radius 3 is 2.78 bits per heavy atom. The van der Waals surface area contributed by atoms with Crippen molar-refractivity contribution in [2.75, 3.05) is 13.6 Å². The average Bonchev–Trinajstić information content (AvgIpc) is 3.04. The van der Waals surface area contributed by atoms with Crippen LogP contribution < -0.4 is 10.1 Å². The van der Waals surface area contributed by atoms with Crippen molar-refractivity contribution in [3.05, 3.63) is 29.8 Å². The summed E-state index contributed by atoms with van der Waals surface area (Å²) in [6.07, 6.45) is 6.11. The van der Waals surface area contributed by atoms with Crippen LogP contribution in [0.3, 0.4) is 0 Å². The molecule has 1 aliphatic heterocycles. The van der Waals surface area contributed by atoms with Crippen LogP contribution in [0, 0.1) is 0 Å². The molecule has 1 saturated carbocycles. The molecule has 1 saturated heterocycles. The van der Waals surface area contributed by atoms with Gasteiger partial charge >= 0.3 is 0 Å². The fourth-order valence-corrected chi connectivity index (χ4v) is 3.31. The van der Waals surface area contributed by atoms with E-state index in [9.17, 15) is 9.59 Å². The molecule has 5 heteroatoms. The number of hydrogen-bond donors (Lipinski definition) is 1. The van der Waals surface area contributed by atoms with Crippen LogP contribution in [0.1, 0.15) is 48.9 Å². The number of piperidine rings is 1. The molecule has 1 atom stereocenters. The fraction of sp³-hybridized carbons (Fsp3) is 0.556. The highest BCUT2D eigenvalue weighted by atomic mass is 16.5. The number of likely N-dealkylation sites (N-methyl/N-ethyl adjacent to an activating group) is 1. The van der Waals surface area contributed by atoms with Gasteiger partial charge in [0.1, 0.15) is 5.75 Å². The number of likely N-dealkylation sites (tertiary alicyclic amines) is 1. The monoisotopic (exact) mass is 316 g/mol. The lowest BCUT2D eigenvalue weighted by Gasteiger charge is -2.30. The van der Waals surface area contributed by atoms with E-state index >= 15 is 0 Å². The predicted octanol–water partition coefficient (Wildman–Crippen LogP) is 2.36. The van der Waals surface area contributed by atoms with Gasteiger partial charge in [-0.3, -0.25) is 9.59 Å². The maximum Gasteiger partial charge on any atom is 0.251 e. The number of benzene rings is 1. The number of nitrogens with one attached hydrogen (secondary N) is 1. The van der Waals surface area contributed by atoms with E-state index in [-0.39, 0.29) is 24.0 Å². The van der Waals surface area contributed by atoms with Gasteiger partial charge < -0.3 is 15.0 Å². The number of ether oxygens (including phenoxy) is 1. The maximum atomic E-state index is 12.4. The smallest absolute Gasteiger partial charge is 0.251 e. The summed E-state index contributed by atoms with van der Waals surface area (Å²) in [5.41, 5.74) is 0.611. The Hall–Kier alpha value is -2.04. The lowest BCUT2D eigenvalue weighted by atomic mass is 10.0. The van der Waals surface area contributed by atoms with Crippen molar-refractivity contribution >= 4 is 11.8 Å². The van der Waals surface area contributed by atoms with Crippen LogP contribution in [-0.2, 0) is 4.79 Å². The van der Waals surface area contributed by atoms with Crippen LogP contribution in [0.2, 0.25) is 0 Å². The molecular weight excluding hydrogens is 292 g/mol. The minimum Gasteiger partial charge on any atom is -0.490 e. The van der Waals surface area contributed by atoms with E-state index < -0.39 is 0 Å². The Morgan fingerprint density at radius 2 is 2.04 bits per heavy atom. The molecule has 1 N–H and O–H groups in total. The van der Waals surface area contributed by atoms with E-state index in [4.69, 9.17) is 4.74 Å². The Bertz CT molecular complexity index is 581. The molecule has 0 spiro atoms. The van der Waals surface area contributed by atoms with Crippen LogP contribution in [0.4, 0.5) is 0 Å². The van der Waals surface area contributed by atoms with E-state index in [2.05, 4.69) is 5.32 Å². The van der Waals surface area contributed by atoms with Gasteiger partial charge in [-0.2, -0.15) is 0 Å². The molecule has 0 aromatic heterocycles. The van der Waals surface area contributed by atoms with Gasteiger partial charge in [-0.05, 0) is 50.3 Å². The van der Waals surface area contributed by atoms with E-state index in [0.717, 1.165) is 18.6 Å². The third-order valence-electron chi connectivity index (χ3n) is 4.66. The number of amides is 2. The third-order valence-corrected chi connectivity index (χ3v) is 4.66. The van der Waals surface area contributed by atoms with Crippen LogP contribution in [-0.4, -0.2) is 42.5 Å². The highest BCUT2D eigenvalue weighted by Crippen LogP contribution is 2.24. The minimum atomic E-state index is -0.102. The highest BCUT2D eigenvalue weighted by Gasteiger charge is 2.24. The zero-order valence-electron chi connectivity index (χ0n) is 13.6. The molecule has 2 aliphatic rings. The third kappa shape index (κ3) is 4.03. The van der Waals surface area contributed by atoms with E-state index in [1.807, 2.05) is 18.2 Å². The molecule has 124 valence electrons. The van der Waals surface area contributed by atoms with Crippen molar-refractivity contribution in [1.29, 1.82) is 0 Å². The summed E-state index contributed by atoms with van der Waals surface area (Å²) in [6.45, 7) is 0.572. The largest absolute Gasteiger partial charge is 0.490 e. The van der Waals surface area contributed by atoms with Crippen LogP contribution in [0.15, 0.2) is 24.3 Å². The molecule has 2 amide bonds. The number of carbonyl (C=O) groups excluding carboxylic acids is 2. The molecule has 1 aromatic carbocycles. The molecule has 0 bridgehead atoms. The summed E-state index contributed by atoms with van der Waals surface area (Å²) in [6, 6.07) is 7.39. The summed E-state index contributed by atoms with van der Waals surface area (Å²) in [7, 11) is 1.77. The fourth-order valence-electron chi connectivity index (χ4n) is 3.31.